The summed E-state index contributed by atoms with van der Waals surface area (Å²) in [6, 6.07) is 6.40. The van der Waals surface area contributed by atoms with E-state index in [2.05, 4.69) is 15.3 Å². The van der Waals surface area contributed by atoms with Crippen molar-refractivity contribution in [2.45, 2.75) is 30.3 Å². The second kappa shape index (κ2) is 10.3. The lowest BCUT2D eigenvalue weighted by molar-refractivity contribution is -0.176. The van der Waals surface area contributed by atoms with Crippen molar-refractivity contribution in [1.29, 1.82) is 0 Å². The maximum Gasteiger partial charge on any atom is 0.411 e. The number of rotatable bonds is 7. The monoisotopic (exact) mass is 536 g/mol. The Morgan fingerprint density at radius 1 is 1.31 bits per heavy atom. The van der Waals surface area contributed by atoms with Crippen LogP contribution in [-0.2, 0) is 10.3 Å². The van der Waals surface area contributed by atoms with Crippen molar-refractivity contribution < 1.29 is 31.5 Å². The fourth-order valence-electron chi connectivity index (χ4n) is 3.82. The minimum Gasteiger partial charge on any atom is -0.378 e. The van der Waals surface area contributed by atoms with Crippen molar-refractivity contribution in [2.24, 2.45) is 16.6 Å². The molecule has 1 aliphatic heterocycles. The number of aliphatic imine (C=N–C) groups is 1. The van der Waals surface area contributed by atoms with Crippen LogP contribution in [0.5, 0.6) is 0 Å². The number of nitrogens with zero attached hydrogens (tertiary/aromatic N) is 2. The number of carbonyl (C=O) groups is 1. The maximum atomic E-state index is 15.0. The van der Waals surface area contributed by atoms with Gasteiger partial charge in [0.1, 0.15) is 30.3 Å². The van der Waals surface area contributed by atoms with Crippen LogP contribution in [0.25, 0.3) is 0 Å². The van der Waals surface area contributed by atoms with Crippen molar-refractivity contribution in [2.75, 3.05) is 25.2 Å². The molecule has 0 bridgehead atoms. The molecule has 2 heterocycles. The highest BCUT2D eigenvalue weighted by molar-refractivity contribution is 8.15. The van der Waals surface area contributed by atoms with Crippen LogP contribution >= 0.6 is 23.4 Å². The quantitative estimate of drug-likeness (QED) is 0.467. The number of nitrogens with two attached hydrogens (primary N) is 1. The number of carbonyl (C=O) groups excluding carboxylic acids is 1. The van der Waals surface area contributed by atoms with E-state index in [0.717, 1.165) is 17.8 Å². The molecule has 1 amide bonds. The highest BCUT2D eigenvalue weighted by Gasteiger charge is 2.53. The predicted octanol–water partition coefficient (Wildman–Crippen LogP) is 5.33. The lowest BCUT2D eigenvalue weighted by Crippen LogP contribution is -2.53. The van der Waals surface area contributed by atoms with E-state index in [-0.39, 0.29) is 22.1 Å². The number of thioether (sulfide) groups is 1. The average molecular weight is 537 g/mol. The molecule has 0 radical (unpaired) electrons. The number of amides is 1. The van der Waals surface area contributed by atoms with Crippen LogP contribution in [0.2, 0.25) is 5.02 Å². The molecule has 1 aromatic carbocycles. The van der Waals surface area contributed by atoms with E-state index >= 15 is 4.39 Å². The summed E-state index contributed by atoms with van der Waals surface area (Å²) in [6.07, 6.45) is -3.27. The average Bonchev–Trinajstić information content (AvgIpc) is 2.77. The van der Waals surface area contributed by atoms with Gasteiger partial charge in [-0.15, -0.1) is 0 Å². The molecule has 13 heteroatoms. The lowest BCUT2D eigenvalue weighted by Gasteiger charge is -2.47. The summed E-state index contributed by atoms with van der Waals surface area (Å²) in [7, 11) is 0. The number of aromatic nitrogens is 1. The Morgan fingerprint density at radius 3 is 2.63 bits per heavy atom. The number of hydrogen-bond donors (Lipinski definition) is 2. The van der Waals surface area contributed by atoms with Gasteiger partial charge in [-0.2, -0.15) is 13.2 Å². The molecule has 190 valence electrons. The van der Waals surface area contributed by atoms with Gasteiger partial charge in [-0.3, -0.25) is 4.79 Å². The van der Waals surface area contributed by atoms with Crippen LogP contribution in [0.1, 0.15) is 29.9 Å². The first-order valence-corrected chi connectivity index (χ1v) is 11.5. The van der Waals surface area contributed by atoms with Crippen molar-refractivity contribution in [1.82, 2.24) is 4.98 Å². The predicted molar refractivity (Wildman–Crippen MR) is 125 cm³/mol. The number of pyridine rings is 1. The van der Waals surface area contributed by atoms with E-state index in [0.29, 0.717) is 5.02 Å². The first-order valence-electron chi connectivity index (χ1n) is 10.3. The number of hydrogen-bond acceptors (Lipinski definition) is 6. The van der Waals surface area contributed by atoms with Gasteiger partial charge in [0.05, 0.1) is 11.6 Å². The van der Waals surface area contributed by atoms with Crippen molar-refractivity contribution in [3.63, 3.8) is 0 Å². The van der Waals surface area contributed by atoms with Gasteiger partial charge < -0.3 is 15.8 Å². The zero-order chi connectivity index (χ0) is 26.0. The molecule has 0 fully saturated rings. The zero-order valence-electron chi connectivity index (χ0n) is 18.6. The number of alkyl halides is 4. The summed E-state index contributed by atoms with van der Waals surface area (Å²) in [4.78, 5) is 20.6. The number of ether oxygens (including phenoxy) is 1. The summed E-state index contributed by atoms with van der Waals surface area (Å²) < 4.78 is 71.2. The van der Waals surface area contributed by atoms with Gasteiger partial charge in [0, 0.05) is 28.1 Å². The van der Waals surface area contributed by atoms with Crippen LogP contribution in [0.4, 0.5) is 27.6 Å². The Kier molecular flexibility index (Phi) is 7.97. The molecule has 0 spiro atoms. The first-order chi connectivity index (χ1) is 16.3. The third-order valence-corrected chi connectivity index (χ3v) is 7.25. The molecule has 0 aliphatic carbocycles. The summed E-state index contributed by atoms with van der Waals surface area (Å²) in [5.74, 6) is -2.29. The highest BCUT2D eigenvalue weighted by Crippen LogP contribution is 2.51. The second-order valence-corrected chi connectivity index (χ2v) is 10.3. The Hall–Kier alpha value is -2.44. The molecule has 1 aromatic heterocycles. The zero-order valence-corrected chi connectivity index (χ0v) is 20.2. The number of amidine groups is 1. The maximum absolute atomic E-state index is 15.0. The number of halogens is 6. The van der Waals surface area contributed by atoms with Crippen LogP contribution in [0, 0.1) is 11.7 Å². The first kappa shape index (κ1) is 27.2. The summed E-state index contributed by atoms with van der Waals surface area (Å²) in [6.45, 7) is -0.0275. The third-order valence-electron chi connectivity index (χ3n) is 5.79. The smallest absolute Gasteiger partial charge is 0.378 e. The molecule has 0 unspecified atom stereocenters. The third kappa shape index (κ3) is 6.04. The minimum absolute atomic E-state index is 0.0413. The van der Waals surface area contributed by atoms with E-state index in [1.54, 1.807) is 13.8 Å². The number of benzene rings is 1. The molecule has 6 nitrogen and oxygen atoms in total. The van der Waals surface area contributed by atoms with E-state index in [1.165, 1.54) is 30.5 Å². The highest BCUT2D eigenvalue weighted by atomic mass is 35.5. The lowest BCUT2D eigenvalue weighted by atomic mass is 9.73. The van der Waals surface area contributed by atoms with Crippen LogP contribution in [0.15, 0.2) is 41.5 Å². The molecule has 3 rings (SSSR count). The Bertz CT molecular complexity index is 1120. The minimum atomic E-state index is -4.55. The van der Waals surface area contributed by atoms with Gasteiger partial charge >= 0.3 is 6.18 Å². The number of nitrogens with one attached hydrogen (secondary N) is 1. The van der Waals surface area contributed by atoms with Gasteiger partial charge in [0.25, 0.3) is 5.91 Å². The molecule has 3 atom stereocenters. The topological polar surface area (TPSA) is 89.6 Å². The Labute approximate surface area is 207 Å². The van der Waals surface area contributed by atoms with Gasteiger partial charge in [-0.25, -0.2) is 18.8 Å². The van der Waals surface area contributed by atoms with E-state index < -0.39 is 54.0 Å². The van der Waals surface area contributed by atoms with E-state index in [9.17, 15) is 22.4 Å². The molecule has 0 saturated heterocycles. The van der Waals surface area contributed by atoms with Crippen molar-refractivity contribution >= 4 is 40.1 Å². The number of anilines is 1. The van der Waals surface area contributed by atoms with E-state index in [1.807, 2.05) is 0 Å². The Morgan fingerprint density at radius 2 is 2.03 bits per heavy atom. The van der Waals surface area contributed by atoms with Crippen molar-refractivity contribution in [3.8, 4) is 0 Å². The van der Waals surface area contributed by atoms with Gasteiger partial charge in [-0.05, 0) is 37.3 Å². The molecule has 2 aromatic rings. The molecular formula is C22H22ClF5N4O2S. The molecule has 0 saturated carbocycles. The molecular weight excluding hydrogens is 515 g/mol. The van der Waals surface area contributed by atoms with Gasteiger partial charge in [-0.1, -0.05) is 30.3 Å². The van der Waals surface area contributed by atoms with Crippen molar-refractivity contribution in [3.05, 3.63) is 58.6 Å². The standard InChI is InChI=1S/C22H22ClF5N4O2S/c1-12-20(2,10-34-11-22(26,27)28)35-19(29)32-21(12,9-24)15-7-14(4-5-16(15)25)31-18(33)17-6-3-13(23)8-30-17/h3-8,12H,9-11H2,1-2H3,(H2,29,32)(H,31,33)/t12-,20-,21+/m1/s1. The normalized spacial score (nSPS) is 24.7. The molecule has 35 heavy (non-hydrogen) atoms. The fraction of sp³-hybridized carbons (Fsp3) is 0.409. The molecule has 3 N–H and O–H groups in total. The Balaban J connectivity index is 1.95. The van der Waals surface area contributed by atoms with Gasteiger partial charge in [0.2, 0.25) is 0 Å². The van der Waals surface area contributed by atoms with E-state index in [4.69, 9.17) is 22.1 Å². The SMILES string of the molecule is C[C@@H]1[C@@](C)(COCC(F)(F)F)SC(N)=N[C@]1(CF)c1cc(NC(=O)c2ccc(Cl)cn2)ccc1F. The fourth-order valence-corrected chi connectivity index (χ4v) is 5.14. The summed E-state index contributed by atoms with van der Waals surface area (Å²) in [5.41, 5.74) is 4.03. The second-order valence-electron chi connectivity index (χ2n) is 8.26. The van der Waals surface area contributed by atoms with Crippen LogP contribution in [0.3, 0.4) is 0 Å². The molecule has 1 aliphatic rings. The summed E-state index contributed by atoms with van der Waals surface area (Å²) >= 11 is 6.71. The van der Waals surface area contributed by atoms with Gasteiger partial charge in [0.15, 0.2) is 5.17 Å². The van der Waals surface area contributed by atoms with Crippen LogP contribution < -0.4 is 11.1 Å². The van der Waals surface area contributed by atoms with Crippen LogP contribution in [-0.4, -0.2) is 46.9 Å². The summed E-state index contributed by atoms with van der Waals surface area (Å²) in [5, 5.41) is 2.76. The largest absolute Gasteiger partial charge is 0.411 e.